The number of carbonyl (C=O) groups excluding carboxylic acids is 1. The molecule has 0 spiro atoms. The molecule has 2 aliphatic rings. The summed E-state index contributed by atoms with van der Waals surface area (Å²) in [5, 5.41) is 15.5. The van der Waals surface area contributed by atoms with Gasteiger partial charge in [0.05, 0.1) is 12.4 Å². The third kappa shape index (κ3) is 3.14. The number of hydrogen-bond acceptors (Lipinski definition) is 8. The van der Waals surface area contributed by atoms with Crippen molar-refractivity contribution in [1.29, 1.82) is 0 Å². The van der Waals surface area contributed by atoms with Gasteiger partial charge in [0.1, 0.15) is 11.9 Å². The Morgan fingerprint density at radius 2 is 2.08 bits per heavy atom. The molecule has 2 aromatic heterocycles. The number of aromatic carboxylic acids is 1. The summed E-state index contributed by atoms with van der Waals surface area (Å²) in [4.78, 5) is 37.1. The molecule has 1 amide bonds. The summed E-state index contributed by atoms with van der Waals surface area (Å²) in [6.45, 7) is 0.706. The lowest BCUT2D eigenvalue weighted by atomic mass is 10.2. The SMILES string of the molecule is O=C(O)c1cnc(N2CCCC2c2nc(C(=O)NC3CC3)no2)cn1. The van der Waals surface area contributed by atoms with Gasteiger partial charge in [-0.25, -0.2) is 14.8 Å². The molecule has 0 radical (unpaired) electrons. The Morgan fingerprint density at radius 3 is 2.76 bits per heavy atom. The van der Waals surface area contributed by atoms with Crippen LogP contribution in [-0.2, 0) is 0 Å². The molecule has 1 atom stereocenters. The largest absolute Gasteiger partial charge is 0.476 e. The Balaban J connectivity index is 1.52. The van der Waals surface area contributed by atoms with Gasteiger partial charge in [0, 0.05) is 12.6 Å². The molecule has 2 N–H and O–H groups in total. The molecule has 10 heteroatoms. The number of nitrogens with zero attached hydrogens (tertiary/aromatic N) is 5. The summed E-state index contributed by atoms with van der Waals surface area (Å²) < 4.78 is 5.28. The van der Waals surface area contributed by atoms with Crippen LogP contribution in [0.25, 0.3) is 0 Å². The molecule has 0 aromatic carbocycles. The van der Waals surface area contributed by atoms with Gasteiger partial charge in [-0.05, 0) is 25.7 Å². The van der Waals surface area contributed by atoms with Crippen LogP contribution in [0.1, 0.15) is 58.7 Å². The normalized spacial score (nSPS) is 19.8. The van der Waals surface area contributed by atoms with Crippen molar-refractivity contribution in [3.63, 3.8) is 0 Å². The van der Waals surface area contributed by atoms with Crippen molar-refractivity contribution in [2.45, 2.75) is 37.8 Å². The lowest BCUT2D eigenvalue weighted by molar-refractivity contribution is 0.0689. The second-order valence-electron chi connectivity index (χ2n) is 6.12. The first-order valence-corrected chi connectivity index (χ1v) is 8.08. The summed E-state index contributed by atoms with van der Waals surface area (Å²) in [7, 11) is 0. The Kier molecular flexibility index (Phi) is 3.79. The molecule has 2 fully saturated rings. The zero-order valence-corrected chi connectivity index (χ0v) is 13.3. The lowest BCUT2D eigenvalue weighted by Crippen LogP contribution is -2.27. The maximum atomic E-state index is 12.0. The monoisotopic (exact) mass is 344 g/mol. The van der Waals surface area contributed by atoms with E-state index >= 15 is 0 Å². The van der Waals surface area contributed by atoms with Crippen LogP contribution in [0.3, 0.4) is 0 Å². The second kappa shape index (κ2) is 6.11. The smallest absolute Gasteiger partial charge is 0.356 e. The number of amides is 1. The van der Waals surface area contributed by atoms with Gasteiger partial charge in [0.2, 0.25) is 5.89 Å². The van der Waals surface area contributed by atoms with Crippen LogP contribution in [0.4, 0.5) is 5.82 Å². The predicted octanol–water partition coefficient (Wildman–Crippen LogP) is 0.791. The van der Waals surface area contributed by atoms with Crippen molar-refractivity contribution in [2.75, 3.05) is 11.4 Å². The number of hydrogen-bond donors (Lipinski definition) is 2. The van der Waals surface area contributed by atoms with Crippen LogP contribution in [0.2, 0.25) is 0 Å². The van der Waals surface area contributed by atoms with Gasteiger partial charge in [-0.15, -0.1) is 0 Å². The van der Waals surface area contributed by atoms with E-state index in [0.29, 0.717) is 18.3 Å². The fourth-order valence-corrected chi connectivity index (χ4v) is 2.82. The molecule has 1 saturated heterocycles. The van der Waals surface area contributed by atoms with Crippen molar-refractivity contribution < 1.29 is 19.2 Å². The quantitative estimate of drug-likeness (QED) is 0.807. The summed E-state index contributed by atoms with van der Waals surface area (Å²) in [6, 6.07) is 0.0143. The first-order valence-electron chi connectivity index (χ1n) is 8.08. The summed E-state index contributed by atoms with van der Waals surface area (Å²) >= 11 is 0. The predicted molar refractivity (Wildman–Crippen MR) is 83.1 cm³/mol. The maximum absolute atomic E-state index is 12.0. The van der Waals surface area contributed by atoms with Crippen molar-refractivity contribution in [3.05, 3.63) is 29.8 Å². The molecule has 2 aromatic rings. The van der Waals surface area contributed by atoms with Crippen LogP contribution in [0.15, 0.2) is 16.9 Å². The van der Waals surface area contributed by atoms with Crippen molar-refractivity contribution in [2.24, 2.45) is 0 Å². The van der Waals surface area contributed by atoms with Gasteiger partial charge in [-0.2, -0.15) is 4.98 Å². The Hall–Kier alpha value is -3.04. The summed E-state index contributed by atoms with van der Waals surface area (Å²) in [5.41, 5.74) is -0.115. The molecule has 1 saturated carbocycles. The van der Waals surface area contributed by atoms with Crippen LogP contribution in [0.5, 0.6) is 0 Å². The second-order valence-corrected chi connectivity index (χ2v) is 6.12. The molecule has 1 unspecified atom stereocenters. The number of carboxylic acid groups (broad SMARTS) is 1. The topological polar surface area (TPSA) is 134 Å². The first kappa shape index (κ1) is 15.5. The van der Waals surface area contributed by atoms with Gasteiger partial charge in [0.15, 0.2) is 5.69 Å². The molecule has 1 aliphatic carbocycles. The minimum Gasteiger partial charge on any atom is -0.476 e. The summed E-state index contributed by atoms with van der Waals surface area (Å²) in [5.74, 6) is -0.536. The molecule has 4 rings (SSSR count). The molecular formula is C15H16N6O4. The number of carboxylic acids is 1. The van der Waals surface area contributed by atoms with E-state index in [9.17, 15) is 9.59 Å². The van der Waals surface area contributed by atoms with Gasteiger partial charge in [-0.3, -0.25) is 4.79 Å². The average Bonchev–Trinajstić information content (AvgIpc) is 3.12. The number of anilines is 1. The van der Waals surface area contributed by atoms with E-state index in [1.54, 1.807) is 0 Å². The van der Waals surface area contributed by atoms with Crippen molar-refractivity contribution >= 4 is 17.7 Å². The van der Waals surface area contributed by atoms with E-state index in [1.165, 1.54) is 12.4 Å². The highest BCUT2D eigenvalue weighted by Gasteiger charge is 2.33. The Morgan fingerprint density at radius 1 is 1.24 bits per heavy atom. The maximum Gasteiger partial charge on any atom is 0.356 e. The van der Waals surface area contributed by atoms with Crippen molar-refractivity contribution in [3.8, 4) is 0 Å². The molecule has 1 aliphatic heterocycles. The standard InChI is InChI=1S/C15H16N6O4/c22-13(18-8-3-4-8)12-19-14(25-20-12)10-2-1-5-21(10)11-7-16-9(6-17-11)15(23)24/h6-8,10H,1-5H2,(H,18,22)(H,23,24). The number of nitrogens with one attached hydrogen (secondary N) is 1. The molecule has 25 heavy (non-hydrogen) atoms. The molecule has 3 heterocycles. The Bertz CT molecular complexity index is 801. The van der Waals surface area contributed by atoms with E-state index in [0.717, 1.165) is 25.7 Å². The minimum atomic E-state index is -1.12. The van der Waals surface area contributed by atoms with Gasteiger partial charge in [0.25, 0.3) is 11.7 Å². The van der Waals surface area contributed by atoms with Gasteiger partial charge in [-0.1, -0.05) is 5.16 Å². The zero-order chi connectivity index (χ0) is 17.4. The molecule has 130 valence electrons. The molecule has 10 nitrogen and oxygen atoms in total. The highest BCUT2D eigenvalue weighted by atomic mass is 16.5. The third-order valence-corrected chi connectivity index (χ3v) is 4.25. The number of aromatic nitrogens is 4. The van der Waals surface area contributed by atoms with E-state index in [2.05, 4.69) is 25.4 Å². The van der Waals surface area contributed by atoms with Gasteiger partial charge < -0.3 is 19.8 Å². The van der Waals surface area contributed by atoms with Gasteiger partial charge >= 0.3 is 5.97 Å². The Labute approximate surface area is 142 Å². The first-order chi connectivity index (χ1) is 12.1. The van der Waals surface area contributed by atoms with Crippen LogP contribution < -0.4 is 10.2 Å². The minimum absolute atomic E-state index is 0.0288. The van der Waals surface area contributed by atoms with Crippen molar-refractivity contribution in [1.82, 2.24) is 25.4 Å². The third-order valence-electron chi connectivity index (χ3n) is 4.25. The highest BCUT2D eigenvalue weighted by Crippen LogP contribution is 2.34. The highest BCUT2D eigenvalue weighted by molar-refractivity contribution is 5.90. The van der Waals surface area contributed by atoms with E-state index in [1.807, 2.05) is 4.90 Å². The zero-order valence-electron chi connectivity index (χ0n) is 13.3. The van der Waals surface area contributed by atoms with Crippen LogP contribution in [-0.4, -0.2) is 49.7 Å². The average molecular weight is 344 g/mol. The van der Waals surface area contributed by atoms with E-state index in [-0.39, 0.29) is 29.5 Å². The number of carbonyl (C=O) groups is 2. The lowest BCUT2D eigenvalue weighted by Gasteiger charge is -2.22. The summed E-state index contributed by atoms with van der Waals surface area (Å²) in [6.07, 6.45) is 6.26. The van der Waals surface area contributed by atoms with Crippen LogP contribution >= 0.6 is 0 Å². The van der Waals surface area contributed by atoms with E-state index < -0.39 is 5.97 Å². The van der Waals surface area contributed by atoms with E-state index in [4.69, 9.17) is 9.63 Å². The fraction of sp³-hybridized carbons (Fsp3) is 0.467. The fourth-order valence-electron chi connectivity index (χ4n) is 2.82. The number of rotatable bonds is 5. The molecular weight excluding hydrogens is 328 g/mol. The van der Waals surface area contributed by atoms with Crippen LogP contribution in [0, 0.1) is 0 Å². The molecule has 0 bridgehead atoms.